The Bertz CT molecular complexity index is 223. The largest absolute Gasteiger partial charge is 0.229 e. The third-order valence-corrected chi connectivity index (χ3v) is 1.48. The molecule has 0 radical (unpaired) electrons. The van der Waals surface area contributed by atoms with Crippen molar-refractivity contribution in [1.82, 2.24) is 9.97 Å². The number of hydrogen-bond acceptors (Lipinski definition) is 5. The van der Waals surface area contributed by atoms with Crippen molar-refractivity contribution in [2.45, 2.75) is 5.16 Å². The summed E-state index contributed by atoms with van der Waals surface area (Å²) in [5.74, 6) is 0. The first-order chi connectivity index (χ1) is 4.86. The molecule has 0 spiro atoms. The van der Waals surface area contributed by atoms with E-state index in [9.17, 15) is 4.91 Å². The molecule has 1 rings (SSSR count). The average Bonchev–Trinajstić information content (AvgIpc) is 2.05. The monoisotopic (exact) mass is 155 g/mol. The summed E-state index contributed by atoms with van der Waals surface area (Å²) >= 11 is 1.42. The van der Waals surface area contributed by atoms with E-state index in [4.69, 9.17) is 0 Å². The van der Waals surface area contributed by atoms with Crippen LogP contribution in [0, 0.1) is 4.91 Å². The van der Waals surface area contributed by atoms with Crippen LogP contribution in [0.15, 0.2) is 22.7 Å². The Morgan fingerprint density at radius 1 is 1.50 bits per heavy atom. The third kappa shape index (κ3) is 1.51. The van der Waals surface area contributed by atoms with Gasteiger partial charge in [0.05, 0.1) is 12.4 Å². The maximum absolute atomic E-state index is 9.87. The minimum atomic E-state index is 0.262. The third-order valence-electron chi connectivity index (χ3n) is 0.903. The Hall–Kier alpha value is -0.970. The molecule has 10 heavy (non-hydrogen) atoms. The normalized spacial score (nSPS) is 9.30. The lowest BCUT2D eigenvalue weighted by atomic mass is 10.6. The van der Waals surface area contributed by atoms with Crippen molar-refractivity contribution in [3.63, 3.8) is 0 Å². The van der Waals surface area contributed by atoms with Gasteiger partial charge in [-0.2, -0.15) is 0 Å². The molecule has 1 aromatic rings. The first-order valence-electron chi connectivity index (χ1n) is 2.56. The van der Waals surface area contributed by atoms with Gasteiger partial charge in [0.25, 0.3) is 0 Å². The van der Waals surface area contributed by atoms with E-state index in [-0.39, 0.29) is 5.69 Å². The van der Waals surface area contributed by atoms with E-state index < -0.39 is 0 Å². The summed E-state index contributed by atoms with van der Waals surface area (Å²) in [4.78, 5) is 17.5. The van der Waals surface area contributed by atoms with Gasteiger partial charge in [-0.25, -0.2) is 9.97 Å². The van der Waals surface area contributed by atoms with Gasteiger partial charge in [-0.05, 0) is 11.4 Å². The minimum absolute atomic E-state index is 0.262. The fraction of sp³-hybridized carbons (Fsp3) is 0.200. The van der Waals surface area contributed by atoms with Gasteiger partial charge >= 0.3 is 0 Å². The summed E-state index contributed by atoms with van der Waals surface area (Å²) in [6, 6.07) is 0. The molecule has 52 valence electrons. The molecule has 0 saturated carbocycles. The Labute approximate surface area is 62.1 Å². The molecule has 0 aromatic carbocycles. The van der Waals surface area contributed by atoms with E-state index in [1.807, 2.05) is 6.26 Å². The minimum Gasteiger partial charge on any atom is -0.229 e. The van der Waals surface area contributed by atoms with Gasteiger partial charge < -0.3 is 0 Å². The molecule has 5 heteroatoms. The predicted octanol–water partition coefficient (Wildman–Crippen LogP) is 1.60. The molecule has 0 atom stereocenters. The maximum atomic E-state index is 9.87. The van der Waals surface area contributed by atoms with Crippen LogP contribution >= 0.6 is 11.8 Å². The summed E-state index contributed by atoms with van der Waals surface area (Å²) in [6.45, 7) is 0. The van der Waals surface area contributed by atoms with Crippen molar-refractivity contribution in [2.75, 3.05) is 6.26 Å². The molecule has 1 aromatic heterocycles. The van der Waals surface area contributed by atoms with Crippen molar-refractivity contribution in [2.24, 2.45) is 5.18 Å². The second kappa shape index (κ2) is 3.26. The number of nitrogens with zero attached hydrogens (tertiary/aromatic N) is 3. The fourth-order valence-corrected chi connectivity index (χ4v) is 0.778. The Morgan fingerprint density at radius 2 is 2.10 bits per heavy atom. The van der Waals surface area contributed by atoms with E-state index in [1.165, 1.54) is 24.2 Å². The summed E-state index contributed by atoms with van der Waals surface area (Å²) < 4.78 is 0. The highest BCUT2D eigenvalue weighted by atomic mass is 32.2. The van der Waals surface area contributed by atoms with E-state index in [0.29, 0.717) is 5.16 Å². The maximum Gasteiger partial charge on any atom is 0.187 e. The highest BCUT2D eigenvalue weighted by molar-refractivity contribution is 7.98. The number of rotatable bonds is 2. The zero-order chi connectivity index (χ0) is 7.40. The smallest absolute Gasteiger partial charge is 0.187 e. The second-order valence-corrected chi connectivity index (χ2v) is 2.29. The standard InChI is InChI=1S/C5H5N3OS/c1-10-5-6-2-4(8-9)3-7-5/h2-3H,1H3. The molecule has 1 heterocycles. The summed E-state index contributed by atoms with van der Waals surface area (Å²) in [7, 11) is 0. The predicted molar refractivity (Wildman–Crippen MR) is 39.3 cm³/mol. The van der Waals surface area contributed by atoms with E-state index in [1.54, 1.807) is 0 Å². The van der Waals surface area contributed by atoms with Crippen LogP contribution in [0.5, 0.6) is 0 Å². The Morgan fingerprint density at radius 3 is 2.50 bits per heavy atom. The van der Waals surface area contributed by atoms with Crippen LogP contribution in [-0.2, 0) is 0 Å². The van der Waals surface area contributed by atoms with Gasteiger partial charge in [0.15, 0.2) is 5.16 Å². The molecule has 0 aliphatic rings. The second-order valence-electron chi connectivity index (χ2n) is 1.52. The van der Waals surface area contributed by atoms with Gasteiger partial charge in [0, 0.05) is 0 Å². The number of aromatic nitrogens is 2. The van der Waals surface area contributed by atoms with E-state index in [2.05, 4.69) is 15.1 Å². The average molecular weight is 155 g/mol. The van der Waals surface area contributed by atoms with Crippen LogP contribution in [0.4, 0.5) is 5.69 Å². The first-order valence-corrected chi connectivity index (χ1v) is 3.78. The van der Waals surface area contributed by atoms with Crippen molar-refractivity contribution in [3.05, 3.63) is 17.3 Å². The lowest BCUT2D eigenvalue weighted by Crippen LogP contribution is -1.81. The molecule has 0 unspecified atom stereocenters. The zero-order valence-electron chi connectivity index (χ0n) is 5.31. The van der Waals surface area contributed by atoms with Crippen molar-refractivity contribution < 1.29 is 0 Å². The molecule has 0 N–H and O–H groups in total. The van der Waals surface area contributed by atoms with Gasteiger partial charge in [0.2, 0.25) is 0 Å². The molecular weight excluding hydrogens is 150 g/mol. The lowest BCUT2D eigenvalue weighted by molar-refractivity contribution is 0.968. The van der Waals surface area contributed by atoms with Crippen LogP contribution < -0.4 is 0 Å². The van der Waals surface area contributed by atoms with Crippen LogP contribution in [0.25, 0.3) is 0 Å². The van der Waals surface area contributed by atoms with Crippen molar-refractivity contribution >= 4 is 17.4 Å². The fourth-order valence-electron chi connectivity index (χ4n) is 0.462. The van der Waals surface area contributed by atoms with Crippen LogP contribution in [0.1, 0.15) is 0 Å². The Kier molecular flexibility index (Phi) is 2.33. The van der Waals surface area contributed by atoms with Crippen molar-refractivity contribution in [3.8, 4) is 0 Å². The van der Waals surface area contributed by atoms with Crippen LogP contribution in [0.2, 0.25) is 0 Å². The van der Waals surface area contributed by atoms with Gasteiger partial charge in [-0.1, -0.05) is 11.8 Å². The topological polar surface area (TPSA) is 55.2 Å². The summed E-state index contributed by atoms with van der Waals surface area (Å²) in [5, 5.41) is 3.31. The molecule has 0 saturated heterocycles. The number of hydrogen-bond donors (Lipinski definition) is 0. The lowest BCUT2D eigenvalue weighted by Gasteiger charge is -1.90. The molecule has 0 aliphatic carbocycles. The number of thioether (sulfide) groups is 1. The SMILES string of the molecule is CSc1ncc(N=O)cn1. The molecular formula is C5H5N3OS. The van der Waals surface area contributed by atoms with Crippen LogP contribution in [0.3, 0.4) is 0 Å². The van der Waals surface area contributed by atoms with Crippen LogP contribution in [-0.4, -0.2) is 16.2 Å². The summed E-state index contributed by atoms with van der Waals surface area (Å²) in [6.07, 6.45) is 4.65. The summed E-state index contributed by atoms with van der Waals surface area (Å²) in [5.41, 5.74) is 0.262. The highest BCUT2D eigenvalue weighted by Gasteiger charge is 1.93. The van der Waals surface area contributed by atoms with E-state index >= 15 is 0 Å². The number of nitroso groups, excluding NO2 is 1. The zero-order valence-corrected chi connectivity index (χ0v) is 6.13. The molecule has 0 aliphatic heterocycles. The molecule has 4 nitrogen and oxygen atoms in total. The van der Waals surface area contributed by atoms with Crippen molar-refractivity contribution in [1.29, 1.82) is 0 Å². The van der Waals surface area contributed by atoms with Gasteiger partial charge in [0.1, 0.15) is 5.69 Å². The molecule has 0 fully saturated rings. The van der Waals surface area contributed by atoms with Gasteiger partial charge in [-0.15, -0.1) is 4.91 Å². The quantitative estimate of drug-likeness (QED) is 0.369. The highest BCUT2D eigenvalue weighted by Crippen LogP contribution is 2.11. The molecule has 0 bridgehead atoms. The Balaban J connectivity index is 2.90. The molecule has 0 amide bonds. The first kappa shape index (κ1) is 7.14. The van der Waals surface area contributed by atoms with Gasteiger partial charge in [-0.3, -0.25) is 0 Å². The van der Waals surface area contributed by atoms with E-state index in [0.717, 1.165) is 0 Å².